The second-order valence-corrected chi connectivity index (χ2v) is 2.37. The number of carbonyl (C=O) groups is 1. The van der Waals surface area contributed by atoms with Gasteiger partial charge in [0.15, 0.2) is 6.10 Å². The Morgan fingerprint density at radius 1 is 1.23 bits per heavy atom. The van der Waals surface area contributed by atoms with Gasteiger partial charge in [-0.1, -0.05) is 0 Å². The largest absolute Gasteiger partial charge is 0.457 e. The van der Waals surface area contributed by atoms with E-state index in [2.05, 4.69) is 4.74 Å². The predicted molar refractivity (Wildman–Crippen MR) is 32.2 cm³/mol. The highest BCUT2D eigenvalue weighted by atomic mass is 19.4. The molecule has 1 atom stereocenters. The standard InChI is InChI=1S/C6H7F5O2/c1-3(13-4(2)12)5(7,8)6(9,10)11/h3H,1-2H3/t3-/m1/s1. The van der Waals surface area contributed by atoms with E-state index in [0.29, 0.717) is 6.92 Å². The maximum Gasteiger partial charge on any atom is 0.457 e. The molecule has 0 aliphatic heterocycles. The molecule has 0 N–H and O–H groups in total. The quantitative estimate of drug-likeness (QED) is 0.511. The SMILES string of the molecule is CC(=O)O[C@H](C)C(F)(F)C(F)(F)F. The van der Waals surface area contributed by atoms with Crippen LogP contribution in [-0.4, -0.2) is 24.2 Å². The summed E-state index contributed by atoms with van der Waals surface area (Å²) in [5, 5.41) is 0. The minimum absolute atomic E-state index is 0.481. The lowest BCUT2D eigenvalue weighted by molar-refractivity contribution is -0.311. The summed E-state index contributed by atoms with van der Waals surface area (Å²) in [7, 11) is 0. The van der Waals surface area contributed by atoms with Gasteiger partial charge in [-0.2, -0.15) is 22.0 Å². The van der Waals surface area contributed by atoms with Crippen LogP contribution in [0, 0.1) is 0 Å². The van der Waals surface area contributed by atoms with Gasteiger partial charge in [0.1, 0.15) is 0 Å². The molecule has 0 rings (SSSR count). The summed E-state index contributed by atoms with van der Waals surface area (Å²) < 4.78 is 63.1. The Kier molecular flexibility index (Phi) is 3.23. The number of halogens is 5. The van der Waals surface area contributed by atoms with Gasteiger partial charge in [0.2, 0.25) is 0 Å². The van der Waals surface area contributed by atoms with Crippen LogP contribution >= 0.6 is 0 Å². The van der Waals surface area contributed by atoms with Crippen LogP contribution in [0.1, 0.15) is 13.8 Å². The van der Waals surface area contributed by atoms with Gasteiger partial charge in [0, 0.05) is 6.92 Å². The first-order chi connectivity index (χ1) is 5.59. The Hall–Kier alpha value is -0.880. The van der Waals surface area contributed by atoms with E-state index >= 15 is 0 Å². The van der Waals surface area contributed by atoms with E-state index in [1.54, 1.807) is 0 Å². The van der Waals surface area contributed by atoms with Gasteiger partial charge in [-0.15, -0.1) is 0 Å². The van der Waals surface area contributed by atoms with Gasteiger partial charge in [-0.3, -0.25) is 4.79 Å². The lowest BCUT2D eigenvalue weighted by atomic mass is 10.2. The number of ether oxygens (including phenoxy) is 1. The summed E-state index contributed by atoms with van der Waals surface area (Å²) in [5.41, 5.74) is 0. The number of hydrogen-bond donors (Lipinski definition) is 0. The molecule has 0 heterocycles. The highest BCUT2D eigenvalue weighted by Crippen LogP contribution is 2.39. The molecule has 0 aromatic heterocycles. The molecule has 0 amide bonds. The summed E-state index contributed by atoms with van der Waals surface area (Å²) in [6.45, 7) is 1.23. The number of hydrogen-bond acceptors (Lipinski definition) is 2. The van der Waals surface area contributed by atoms with Crippen molar-refractivity contribution in [3.8, 4) is 0 Å². The van der Waals surface area contributed by atoms with Crippen molar-refractivity contribution in [2.24, 2.45) is 0 Å². The smallest absolute Gasteiger partial charge is 0.456 e. The summed E-state index contributed by atoms with van der Waals surface area (Å²) in [6.07, 6.45) is -8.22. The molecule has 13 heavy (non-hydrogen) atoms. The Labute approximate surface area is 70.7 Å². The minimum atomic E-state index is -5.71. The maximum absolute atomic E-state index is 12.3. The van der Waals surface area contributed by atoms with Crippen LogP contribution in [0.3, 0.4) is 0 Å². The van der Waals surface area contributed by atoms with Crippen molar-refractivity contribution in [3.05, 3.63) is 0 Å². The normalized spacial score (nSPS) is 15.3. The van der Waals surface area contributed by atoms with Crippen LogP contribution in [0.2, 0.25) is 0 Å². The van der Waals surface area contributed by atoms with Crippen LogP contribution in [0.4, 0.5) is 22.0 Å². The van der Waals surface area contributed by atoms with E-state index in [9.17, 15) is 26.7 Å². The first kappa shape index (κ1) is 12.1. The molecule has 78 valence electrons. The summed E-state index contributed by atoms with van der Waals surface area (Å²) in [6, 6.07) is 0. The Morgan fingerprint density at radius 3 is 1.85 bits per heavy atom. The maximum atomic E-state index is 12.3. The Morgan fingerprint density at radius 2 is 1.62 bits per heavy atom. The molecule has 0 spiro atoms. The second-order valence-electron chi connectivity index (χ2n) is 2.37. The van der Waals surface area contributed by atoms with Crippen LogP contribution in [-0.2, 0) is 9.53 Å². The fourth-order valence-corrected chi connectivity index (χ4v) is 0.553. The first-order valence-electron chi connectivity index (χ1n) is 3.20. The first-order valence-corrected chi connectivity index (χ1v) is 3.20. The third kappa shape index (κ3) is 2.82. The molecule has 7 heteroatoms. The summed E-state index contributed by atoms with van der Waals surface area (Å²) in [5.74, 6) is -6.20. The molecule has 0 bridgehead atoms. The van der Waals surface area contributed by atoms with Gasteiger partial charge in [0.25, 0.3) is 0 Å². The molecule has 0 radical (unpaired) electrons. The van der Waals surface area contributed by atoms with E-state index in [-0.39, 0.29) is 0 Å². The summed E-state index contributed by atoms with van der Waals surface area (Å²) in [4.78, 5) is 10.1. The molecule has 0 aliphatic rings. The number of carbonyl (C=O) groups excluding carboxylic acids is 1. The number of esters is 1. The van der Waals surface area contributed by atoms with E-state index in [1.807, 2.05) is 0 Å². The van der Waals surface area contributed by atoms with Crippen molar-refractivity contribution < 1.29 is 31.5 Å². The number of alkyl halides is 5. The molecular formula is C6H7F5O2. The van der Waals surface area contributed by atoms with Crippen LogP contribution < -0.4 is 0 Å². The number of rotatable bonds is 2. The van der Waals surface area contributed by atoms with Crippen molar-refractivity contribution in [2.75, 3.05) is 0 Å². The molecule has 0 aliphatic carbocycles. The topological polar surface area (TPSA) is 26.3 Å². The van der Waals surface area contributed by atoms with Gasteiger partial charge >= 0.3 is 18.1 Å². The molecule has 0 saturated carbocycles. The van der Waals surface area contributed by atoms with Crippen LogP contribution in [0.5, 0.6) is 0 Å². The highest BCUT2D eigenvalue weighted by molar-refractivity contribution is 5.66. The summed E-state index contributed by atoms with van der Waals surface area (Å²) >= 11 is 0. The third-order valence-corrected chi connectivity index (χ3v) is 1.23. The van der Waals surface area contributed by atoms with E-state index < -0.39 is 24.2 Å². The monoisotopic (exact) mass is 206 g/mol. The lowest BCUT2D eigenvalue weighted by Gasteiger charge is -2.24. The molecule has 0 saturated heterocycles. The molecule has 0 fully saturated rings. The highest BCUT2D eigenvalue weighted by Gasteiger charge is 2.62. The Balaban J connectivity index is 4.54. The lowest BCUT2D eigenvalue weighted by Crippen LogP contribution is -2.47. The van der Waals surface area contributed by atoms with Gasteiger partial charge in [-0.05, 0) is 6.92 Å². The van der Waals surface area contributed by atoms with Crippen molar-refractivity contribution in [3.63, 3.8) is 0 Å². The average molecular weight is 206 g/mol. The minimum Gasteiger partial charge on any atom is -0.456 e. The molecular weight excluding hydrogens is 199 g/mol. The van der Waals surface area contributed by atoms with Gasteiger partial charge in [0.05, 0.1) is 0 Å². The van der Waals surface area contributed by atoms with Crippen molar-refractivity contribution in [1.29, 1.82) is 0 Å². The van der Waals surface area contributed by atoms with Gasteiger partial charge < -0.3 is 4.74 Å². The average Bonchev–Trinajstić information content (AvgIpc) is 1.82. The van der Waals surface area contributed by atoms with Crippen molar-refractivity contribution >= 4 is 5.97 Å². The third-order valence-electron chi connectivity index (χ3n) is 1.23. The zero-order valence-electron chi connectivity index (χ0n) is 6.78. The van der Waals surface area contributed by atoms with Crippen molar-refractivity contribution in [2.45, 2.75) is 32.1 Å². The van der Waals surface area contributed by atoms with E-state index in [0.717, 1.165) is 6.92 Å². The zero-order chi connectivity index (χ0) is 10.9. The second kappa shape index (κ2) is 3.47. The predicted octanol–water partition coefficient (Wildman–Crippen LogP) is 2.14. The molecule has 0 aromatic rings. The zero-order valence-corrected chi connectivity index (χ0v) is 6.78. The van der Waals surface area contributed by atoms with Crippen LogP contribution in [0.15, 0.2) is 0 Å². The fourth-order valence-electron chi connectivity index (χ4n) is 0.553. The molecule has 0 unspecified atom stereocenters. The van der Waals surface area contributed by atoms with E-state index in [1.165, 1.54) is 0 Å². The Bertz CT molecular complexity index is 198. The van der Waals surface area contributed by atoms with Gasteiger partial charge in [-0.25, -0.2) is 0 Å². The van der Waals surface area contributed by atoms with Crippen LogP contribution in [0.25, 0.3) is 0 Å². The molecule has 2 nitrogen and oxygen atoms in total. The van der Waals surface area contributed by atoms with E-state index in [4.69, 9.17) is 0 Å². The fraction of sp³-hybridized carbons (Fsp3) is 0.833. The van der Waals surface area contributed by atoms with Crippen molar-refractivity contribution in [1.82, 2.24) is 0 Å². The molecule has 0 aromatic carbocycles.